The topological polar surface area (TPSA) is 29.3 Å². The number of rotatable bonds is 4. The largest absolute Gasteiger partial charge is 0.329 e. The molecule has 1 unspecified atom stereocenters. The van der Waals surface area contributed by atoms with E-state index >= 15 is 0 Å². The van der Waals surface area contributed by atoms with Gasteiger partial charge < -0.3 is 5.73 Å². The number of likely N-dealkylation sites (tertiary alicyclic amines) is 1. The molecule has 0 spiro atoms. The van der Waals surface area contributed by atoms with Crippen LogP contribution in [0.25, 0.3) is 0 Å². The van der Waals surface area contributed by atoms with Gasteiger partial charge in [-0.1, -0.05) is 12.2 Å². The molecule has 2 heteroatoms. The molecule has 5 aliphatic rings. The van der Waals surface area contributed by atoms with Crippen molar-refractivity contribution >= 4 is 0 Å². The molecule has 0 aromatic rings. The average Bonchev–Trinajstić information content (AvgIpc) is 2.95. The Kier molecular flexibility index (Phi) is 3.64. The summed E-state index contributed by atoms with van der Waals surface area (Å²) in [7, 11) is 0. The quantitative estimate of drug-likeness (QED) is 0.798. The molecule has 5 rings (SSSR count). The van der Waals surface area contributed by atoms with Crippen molar-refractivity contribution < 1.29 is 0 Å². The smallest absolute Gasteiger partial charge is 0.0401 e. The SMILES string of the molecule is NCC(/C=C\C1C2CC3CC(C2)CC1C3)N1CCCC1. The second-order valence-corrected chi connectivity index (χ2v) is 7.94. The third kappa shape index (κ3) is 2.35. The lowest BCUT2D eigenvalue weighted by Gasteiger charge is -2.53. The molecule has 2 N–H and O–H groups in total. The van der Waals surface area contributed by atoms with E-state index in [1.807, 2.05) is 0 Å². The highest BCUT2D eigenvalue weighted by Crippen LogP contribution is 2.56. The summed E-state index contributed by atoms with van der Waals surface area (Å²) < 4.78 is 0. The van der Waals surface area contributed by atoms with E-state index in [-0.39, 0.29) is 0 Å². The number of nitrogens with zero attached hydrogens (tertiary/aromatic N) is 1. The van der Waals surface area contributed by atoms with E-state index in [1.54, 1.807) is 6.42 Å². The van der Waals surface area contributed by atoms with E-state index in [1.165, 1.54) is 51.6 Å². The van der Waals surface area contributed by atoms with Crippen molar-refractivity contribution in [1.82, 2.24) is 4.90 Å². The molecule has 1 heterocycles. The molecule has 20 heavy (non-hydrogen) atoms. The van der Waals surface area contributed by atoms with Crippen LogP contribution in [0.15, 0.2) is 12.2 Å². The standard InChI is InChI=1S/C18H30N2/c19-12-17(20-5-1-2-6-20)3-4-18-15-8-13-7-14(10-15)11-16(18)9-13/h3-4,13-18H,1-2,5-12,19H2/b4-3-. The second-order valence-electron chi connectivity index (χ2n) is 7.94. The number of hydrogen-bond acceptors (Lipinski definition) is 2. The van der Waals surface area contributed by atoms with E-state index in [9.17, 15) is 0 Å². The highest BCUT2D eigenvalue weighted by molar-refractivity contribution is 5.08. The zero-order chi connectivity index (χ0) is 13.5. The van der Waals surface area contributed by atoms with E-state index in [2.05, 4.69) is 17.1 Å². The fraction of sp³-hybridized carbons (Fsp3) is 0.889. The van der Waals surface area contributed by atoms with Gasteiger partial charge in [-0.05, 0) is 87.6 Å². The Labute approximate surface area is 123 Å². The molecule has 1 aliphatic heterocycles. The third-order valence-corrected chi connectivity index (χ3v) is 6.71. The van der Waals surface area contributed by atoms with Crippen molar-refractivity contribution in [2.75, 3.05) is 19.6 Å². The van der Waals surface area contributed by atoms with E-state index in [0.717, 1.165) is 36.1 Å². The van der Waals surface area contributed by atoms with Gasteiger partial charge >= 0.3 is 0 Å². The second kappa shape index (κ2) is 5.46. The minimum Gasteiger partial charge on any atom is -0.329 e. The van der Waals surface area contributed by atoms with Crippen LogP contribution in [0.2, 0.25) is 0 Å². The first-order chi connectivity index (χ1) is 9.83. The molecular weight excluding hydrogens is 244 g/mol. The summed E-state index contributed by atoms with van der Waals surface area (Å²) >= 11 is 0. The maximum absolute atomic E-state index is 6.02. The van der Waals surface area contributed by atoms with Gasteiger partial charge in [0, 0.05) is 12.6 Å². The van der Waals surface area contributed by atoms with Crippen LogP contribution >= 0.6 is 0 Å². The first-order valence-electron chi connectivity index (χ1n) is 8.96. The lowest BCUT2D eigenvalue weighted by molar-refractivity contribution is -0.0163. The Hall–Kier alpha value is -0.340. The highest BCUT2D eigenvalue weighted by atomic mass is 15.2. The molecule has 0 radical (unpaired) electrons. The van der Waals surface area contributed by atoms with Gasteiger partial charge in [0.15, 0.2) is 0 Å². The molecule has 4 saturated carbocycles. The van der Waals surface area contributed by atoms with Crippen LogP contribution in [0.5, 0.6) is 0 Å². The molecule has 0 aromatic carbocycles. The van der Waals surface area contributed by atoms with Crippen LogP contribution in [0, 0.1) is 29.6 Å². The number of nitrogens with two attached hydrogens (primary N) is 1. The third-order valence-electron chi connectivity index (χ3n) is 6.71. The minimum absolute atomic E-state index is 0.509. The van der Waals surface area contributed by atoms with Crippen LogP contribution in [-0.2, 0) is 0 Å². The Morgan fingerprint density at radius 2 is 1.55 bits per heavy atom. The molecule has 4 aliphatic carbocycles. The van der Waals surface area contributed by atoms with Crippen molar-refractivity contribution in [3.8, 4) is 0 Å². The monoisotopic (exact) mass is 274 g/mol. The predicted octanol–water partition coefficient (Wildman–Crippen LogP) is 3.04. The van der Waals surface area contributed by atoms with Crippen molar-refractivity contribution in [1.29, 1.82) is 0 Å². The fourth-order valence-corrected chi connectivity index (χ4v) is 5.96. The Balaban J connectivity index is 1.43. The molecule has 2 nitrogen and oxygen atoms in total. The first-order valence-corrected chi connectivity index (χ1v) is 8.96. The van der Waals surface area contributed by atoms with Gasteiger partial charge in [-0.25, -0.2) is 0 Å². The Morgan fingerprint density at radius 1 is 0.950 bits per heavy atom. The molecule has 1 atom stereocenters. The summed E-state index contributed by atoms with van der Waals surface area (Å²) in [6.45, 7) is 3.31. The van der Waals surface area contributed by atoms with Crippen LogP contribution in [0.1, 0.15) is 44.9 Å². The highest BCUT2D eigenvalue weighted by Gasteiger charge is 2.47. The van der Waals surface area contributed by atoms with Crippen LogP contribution in [0.3, 0.4) is 0 Å². The van der Waals surface area contributed by atoms with Gasteiger partial charge in [0.1, 0.15) is 0 Å². The van der Waals surface area contributed by atoms with Crippen molar-refractivity contribution in [2.45, 2.75) is 51.0 Å². The van der Waals surface area contributed by atoms with Gasteiger partial charge in [0.05, 0.1) is 0 Å². The molecule has 5 fully saturated rings. The Bertz CT molecular complexity index is 342. The van der Waals surface area contributed by atoms with Crippen molar-refractivity contribution in [3.63, 3.8) is 0 Å². The van der Waals surface area contributed by atoms with Crippen LogP contribution < -0.4 is 5.73 Å². The normalized spacial score (nSPS) is 45.5. The molecule has 1 saturated heterocycles. The van der Waals surface area contributed by atoms with Gasteiger partial charge in [0.2, 0.25) is 0 Å². The van der Waals surface area contributed by atoms with E-state index in [0.29, 0.717) is 6.04 Å². The molecule has 4 bridgehead atoms. The Morgan fingerprint density at radius 3 is 2.10 bits per heavy atom. The summed E-state index contributed by atoms with van der Waals surface area (Å²) in [5.41, 5.74) is 6.02. The lowest BCUT2D eigenvalue weighted by Crippen LogP contribution is -2.44. The molecule has 0 aromatic heterocycles. The van der Waals surface area contributed by atoms with Crippen molar-refractivity contribution in [3.05, 3.63) is 12.2 Å². The maximum Gasteiger partial charge on any atom is 0.0401 e. The van der Waals surface area contributed by atoms with Crippen LogP contribution in [-0.4, -0.2) is 30.6 Å². The zero-order valence-corrected chi connectivity index (χ0v) is 12.7. The predicted molar refractivity (Wildman–Crippen MR) is 83.3 cm³/mol. The summed E-state index contributed by atoms with van der Waals surface area (Å²) in [6, 6.07) is 0.509. The van der Waals surface area contributed by atoms with Crippen LogP contribution in [0.4, 0.5) is 0 Å². The van der Waals surface area contributed by atoms with Gasteiger partial charge in [-0.3, -0.25) is 4.90 Å². The summed E-state index contributed by atoms with van der Waals surface area (Å²) in [5, 5.41) is 0. The molecule has 112 valence electrons. The fourth-order valence-electron chi connectivity index (χ4n) is 5.96. The van der Waals surface area contributed by atoms with Gasteiger partial charge in [0.25, 0.3) is 0 Å². The van der Waals surface area contributed by atoms with Gasteiger partial charge in [-0.15, -0.1) is 0 Å². The summed E-state index contributed by atoms with van der Waals surface area (Å²) in [5.74, 6) is 5.09. The minimum atomic E-state index is 0.509. The van der Waals surface area contributed by atoms with Crippen molar-refractivity contribution in [2.24, 2.45) is 35.3 Å². The molecular formula is C18H30N2. The summed E-state index contributed by atoms with van der Waals surface area (Å²) in [6.07, 6.45) is 15.5. The van der Waals surface area contributed by atoms with Gasteiger partial charge in [-0.2, -0.15) is 0 Å². The number of allylic oxidation sites excluding steroid dienone is 1. The maximum atomic E-state index is 6.02. The van der Waals surface area contributed by atoms with E-state index in [4.69, 9.17) is 5.73 Å². The molecule has 0 amide bonds. The lowest BCUT2D eigenvalue weighted by atomic mass is 9.52. The first kappa shape index (κ1) is 13.3. The zero-order valence-electron chi connectivity index (χ0n) is 12.7. The van der Waals surface area contributed by atoms with E-state index < -0.39 is 0 Å². The average molecular weight is 274 g/mol. The number of hydrogen-bond donors (Lipinski definition) is 1. The summed E-state index contributed by atoms with van der Waals surface area (Å²) in [4.78, 5) is 2.59.